The first kappa shape index (κ1) is 19.3. The molecule has 1 heterocycles. The Bertz CT molecular complexity index is 939. The van der Waals surface area contributed by atoms with Crippen molar-refractivity contribution in [2.75, 3.05) is 20.8 Å². The molecular formula is C21H23N3O4. The molecule has 2 aromatic carbocycles. The number of para-hydroxylation sites is 3. The number of nitrogens with one attached hydrogen (secondary N) is 1. The number of hydrogen-bond acceptors (Lipinski definition) is 5. The molecule has 0 aliphatic rings. The minimum atomic E-state index is -0.482. The van der Waals surface area contributed by atoms with Gasteiger partial charge in [0.2, 0.25) is 0 Å². The largest absolute Gasteiger partial charge is 0.496 e. The van der Waals surface area contributed by atoms with Crippen molar-refractivity contribution >= 4 is 5.91 Å². The number of ether oxygens (including phenoxy) is 3. The first-order valence-corrected chi connectivity index (χ1v) is 8.79. The van der Waals surface area contributed by atoms with E-state index in [0.717, 1.165) is 5.56 Å². The Morgan fingerprint density at radius 3 is 2.32 bits per heavy atom. The van der Waals surface area contributed by atoms with Crippen LogP contribution in [0.25, 0.3) is 0 Å². The van der Waals surface area contributed by atoms with Crippen molar-refractivity contribution in [2.24, 2.45) is 7.05 Å². The number of rotatable bonds is 8. The molecule has 1 unspecified atom stereocenters. The van der Waals surface area contributed by atoms with Gasteiger partial charge in [-0.1, -0.05) is 30.3 Å². The highest BCUT2D eigenvalue weighted by molar-refractivity contribution is 5.78. The molecular weight excluding hydrogens is 358 g/mol. The van der Waals surface area contributed by atoms with E-state index in [9.17, 15) is 4.79 Å². The number of amides is 1. The summed E-state index contributed by atoms with van der Waals surface area (Å²) in [6.45, 7) is -0.156. The molecule has 7 nitrogen and oxygen atoms in total. The second-order valence-corrected chi connectivity index (χ2v) is 6.08. The van der Waals surface area contributed by atoms with Crippen LogP contribution < -0.4 is 19.5 Å². The number of carbonyl (C=O) groups is 1. The van der Waals surface area contributed by atoms with Crippen molar-refractivity contribution in [3.8, 4) is 17.2 Å². The summed E-state index contributed by atoms with van der Waals surface area (Å²) in [7, 11) is 5.03. The van der Waals surface area contributed by atoms with Crippen LogP contribution in [-0.2, 0) is 11.8 Å². The Kier molecular flexibility index (Phi) is 6.16. The van der Waals surface area contributed by atoms with Gasteiger partial charge >= 0.3 is 0 Å². The topological polar surface area (TPSA) is 74.6 Å². The average Bonchev–Trinajstić information content (AvgIpc) is 3.16. The van der Waals surface area contributed by atoms with Crippen LogP contribution in [0.3, 0.4) is 0 Å². The number of benzene rings is 2. The summed E-state index contributed by atoms with van der Waals surface area (Å²) in [6.07, 6.45) is 3.52. The third kappa shape index (κ3) is 4.25. The van der Waals surface area contributed by atoms with E-state index in [1.165, 1.54) is 0 Å². The molecule has 1 atom stereocenters. The number of aryl methyl sites for hydroxylation is 1. The zero-order valence-electron chi connectivity index (χ0n) is 16.1. The van der Waals surface area contributed by atoms with Crippen LogP contribution in [0.2, 0.25) is 0 Å². The molecule has 28 heavy (non-hydrogen) atoms. The average molecular weight is 381 g/mol. The zero-order valence-corrected chi connectivity index (χ0v) is 16.1. The highest BCUT2D eigenvalue weighted by Gasteiger charge is 2.24. The van der Waals surface area contributed by atoms with Gasteiger partial charge in [0.25, 0.3) is 5.91 Å². The summed E-state index contributed by atoms with van der Waals surface area (Å²) in [5.74, 6) is 2.15. The number of carbonyl (C=O) groups excluding carboxylic acids is 1. The molecule has 3 aromatic rings. The molecule has 7 heteroatoms. The van der Waals surface area contributed by atoms with E-state index in [2.05, 4.69) is 10.3 Å². The molecule has 0 saturated heterocycles. The minimum Gasteiger partial charge on any atom is -0.496 e. The van der Waals surface area contributed by atoms with Crippen LogP contribution in [0, 0.1) is 0 Å². The smallest absolute Gasteiger partial charge is 0.258 e. The SMILES string of the molecule is COc1ccccc1OCC(=O)NC(c1ccccc1OC)c1nccn1C. The van der Waals surface area contributed by atoms with Crippen molar-refractivity contribution in [3.05, 3.63) is 72.3 Å². The number of imidazole rings is 1. The second kappa shape index (κ2) is 8.94. The molecule has 0 radical (unpaired) electrons. The van der Waals surface area contributed by atoms with Crippen molar-refractivity contribution in [2.45, 2.75) is 6.04 Å². The van der Waals surface area contributed by atoms with Crippen LogP contribution in [0.4, 0.5) is 0 Å². The van der Waals surface area contributed by atoms with Crippen LogP contribution >= 0.6 is 0 Å². The van der Waals surface area contributed by atoms with E-state index >= 15 is 0 Å². The van der Waals surface area contributed by atoms with E-state index in [0.29, 0.717) is 23.1 Å². The highest BCUT2D eigenvalue weighted by Crippen LogP contribution is 2.29. The van der Waals surface area contributed by atoms with Gasteiger partial charge in [0, 0.05) is 25.0 Å². The predicted octanol–water partition coefficient (Wildman–Crippen LogP) is 2.72. The van der Waals surface area contributed by atoms with Crippen molar-refractivity contribution < 1.29 is 19.0 Å². The van der Waals surface area contributed by atoms with Crippen molar-refractivity contribution in [1.29, 1.82) is 0 Å². The summed E-state index contributed by atoms with van der Waals surface area (Å²) >= 11 is 0. The zero-order chi connectivity index (χ0) is 19.9. The quantitative estimate of drug-likeness (QED) is 0.649. The van der Waals surface area contributed by atoms with Gasteiger partial charge in [0.15, 0.2) is 18.1 Å². The first-order valence-electron chi connectivity index (χ1n) is 8.79. The van der Waals surface area contributed by atoms with Crippen LogP contribution in [0.5, 0.6) is 17.2 Å². The normalized spacial score (nSPS) is 11.5. The standard InChI is InChI=1S/C21H23N3O4/c1-24-13-12-22-21(24)20(15-8-4-5-9-16(15)26-2)23-19(25)14-28-18-11-7-6-10-17(18)27-3/h4-13,20H,14H2,1-3H3,(H,23,25). The fraction of sp³-hybridized carbons (Fsp3) is 0.238. The number of aromatic nitrogens is 2. The molecule has 0 aliphatic carbocycles. The maximum Gasteiger partial charge on any atom is 0.258 e. The van der Waals surface area contributed by atoms with Gasteiger partial charge in [-0.15, -0.1) is 0 Å². The van der Waals surface area contributed by atoms with E-state index in [1.807, 2.05) is 54.2 Å². The van der Waals surface area contributed by atoms with Crippen molar-refractivity contribution in [1.82, 2.24) is 14.9 Å². The van der Waals surface area contributed by atoms with E-state index in [-0.39, 0.29) is 12.5 Å². The van der Waals surface area contributed by atoms with Gasteiger partial charge in [-0.3, -0.25) is 4.79 Å². The minimum absolute atomic E-state index is 0.156. The Labute approximate surface area is 163 Å². The van der Waals surface area contributed by atoms with E-state index in [4.69, 9.17) is 14.2 Å². The summed E-state index contributed by atoms with van der Waals surface area (Å²) in [6, 6.07) is 14.2. The lowest BCUT2D eigenvalue weighted by Crippen LogP contribution is -2.34. The molecule has 1 amide bonds. The summed E-state index contributed by atoms with van der Waals surface area (Å²) in [5, 5.41) is 2.99. The monoisotopic (exact) mass is 381 g/mol. The Hall–Kier alpha value is -3.48. The lowest BCUT2D eigenvalue weighted by atomic mass is 10.0. The number of nitrogens with zero attached hydrogens (tertiary/aromatic N) is 2. The van der Waals surface area contributed by atoms with Gasteiger partial charge in [-0.05, 0) is 18.2 Å². The predicted molar refractivity (Wildman–Crippen MR) is 105 cm³/mol. The molecule has 1 aromatic heterocycles. The molecule has 0 fully saturated rings. The fourth-order valence-corrected chi connectivity index (χ4v) is 2.93. The number of methoxy groups -OCH3 is 2. The Morgan fingerprint density at radius 1 is 1.04 bits per heavy atom. The molecule has 0 bridgehead atoms. The maximum absolute atomic E-state index is 12.7. The van der Waals surface area contributed by atoms with Crippen molar-refractivity contribution in [3.63, 3.8) is 0 Å². The molecule has 1 N–H and O–H groups in total. The summed E-state index contributed by atoms with van der Waals surface area (Å²) < 4.78 is 18.2. The molecule has 0 saturated carbocycles. The van der Waals surface area contributed by atoms with Crippen LogP contribution in [0.1, 0.15) is 17.4 Å². The van der Waals surface area contributed by atoms with Gasteiger partial charge < -0.3 is 24.1 Å². The molecule has 0 spiro atoms. The lowest BCUT2D eigenvalue weighted by Gasteiger charge is -2.21. The highest BCUT2D eigenvalue weighted by atomic mass is 16.5. The molecule has 146 valence electrons. The maximum atomic E-state index is 12.7. The van der Waals surface area contributed by atoms with Crippen LogP contribution in [0.15, 0.2) is 60.9 Å². The van der Waals surface area contributed by atoms with E-state index < -0.39 is 6.04 Å². The Morgan fingerprint density at radius 2 is 1.68 bits per heavy atom. The first-order chi connectivity index (χ1) is 13.6. The molecule has 0 aliphatic heterocycles. The summed E-state index contributed by atoms with van der Waals surface area (Å²) in [5.41, 5.74) is 0.810. The number of hydrogen-bond donors (Lipinski definition) is 1. The fourth-order valence-electron chi connectivity index (χ4n) is 2.93. The third-order valence-corrected chi connectivity index (χ3v) is 4.30. The lowest BCUT2D eigenvalue weighted by molar-refractivity contribution is -0.123. The third-order valence-electron chi connectivity index (χ3n) is 4.30. The van der Waals surface area contributed by atoms with Gasteiger partial charge in [-0.25, -0.2) is 4.98 Å². The summed E-state index contributed by atoms with van der Waals surface area (Å²) in [4.78, 5) is 17.0. The second-order valence-electron chi connectivity index (χ2n) is 6.08. The molecule has 3 rings (SSSR count). The van der Waals surface area contributed by atoms with Gasteiger partial charge in [-0.2, -0.15) is 0 Å². The van der Waals surface area contributed by atoms with Crippen LogP contribution in [-0.4, -0.2) is 36.3 Å². The van der Waals surface area contributed by atoms with E-state index in [1.54, 1.807) is 32.5 Å². The van der Waals surface area contributed by atoms with Gasteiger partial charge in [0.1, 0.15) is 17.6 Å². The Balaban J connectivity index is 1.80. The van der Waals surface area contributed by atoms with Gasteiger partial charge in [0.05, 0.1) is 14.2 Å².